The van der Waals surface area contributed by atoms with Crippen molar-refractivity contribution in [2.75, 3.05) is 0 Å². The molecule has 0 atom stereocenters. The van der Waals surface area contributed by atoms with Crippen molar-refractivity contribution in [1.82, 2.24) is 4.98 Å². The molecule has 4 N–H and O–H groups in total. The van der Waals surface area contributed by atoms with E-state index in [1.807, 2.05) is 12.1 Å². The largest absolute Gasteiger partial charge is 0.370 e. The third kappa shape index (κ3) is 2.68. The summed E-state index contributed by atoms with van der Waals surface area (Å²) in [7, 11) is 0. The van der Waals surface area contributed by atoms with Crippen LogP contribution in [0, 0.1) is 0 Å². The molecular formula is C11H18N4. The first kappa shape index (κ1) is 11.5. The van der Waals surface area contributed by atoms with E-state index in [0.29, 0.717) is 0 Å². The van der Waals surface area contributed by atoms with Crippen LogP contribution in [-0.2, 0) is 5.41 Å². The van der Waals surface area contributed by atoms with E-state index < -0.39 is 0 Å². The van der Waals surface area contributed by atoms with Crippen LogP contribution in [-0.4, -0.2) is 10.9 Å². The van der Waals surface area contributed by atoms with Crippen molar-refractivity contribution in [2.45, 2.75) is 32.6 Å². The van der Waals surface area contributed by atoms with Gasteiger partial charge in [-0.2, -0.15) is 0 Å². The second-order valence-electron chi connectivity index (χ2n) is 4.15. The minimum absolute atomic E-state index is 0.0183. The highest BCUT2D eigenvalue weighted by atomic mass is 15.0. The van der Waals surface area contributed by atoms with Crippen LogP contribution < -0.4 is 11.5 Å². The molecule has 0 aliphatic heterocycles. The van der Waals surface area contributed by atoms with Gasteiger partial charge in [0, 0.05) is 11.6 Å². The lowest BCUT2D eigenvalue weighted by molar-refractivity contribution is 0.491. The second-order valence-corrected chi connectivity index (χ2v) is 4.15. The van der Waals surface area contributed by atoms with Crippen LogP contribution in [0.15, 0.2) is 23.3 Å². The van der Waals surface area contributed by atoms with Crippen LogP contribution in [0.3, 0.4) is 0 Å². The van der Waals surface area contributed by atoms with Crippen molar-refractivity contribution >= 4 is 11.6 Å². The van der Waals surface area contributed by atoms with Gasteiger partial charge in [-0.05, 0) is 18.6 Å². The zero-order chi connectivity index (χ0) is 11.5. The van der Waals surface area contributed by atoms with Gasteiger partial charge in [0.25, 0.3) is 0 Å². The summed E-state index contributed by atoms with van der Waals surface area (Å²) >= 11 is 0. The van der Waals surface area contributed by atoms with E-state index in [1.54, 1.807) is 6.20 Å². The summed E-state index contributed by atoms with van der Waals surface area (Å²) in [5, 5.41) is 0. The molecule has 0 spiro atoms. The van der Waals surface area contributed by atoms with Crippen LogP contribution in [0.5, 0.6) is 0 Å². The molecule has 0 bridgehead atoms. The molecule has 1 aromatic heterocycles. The molecule has 0 aliphatic carbocycles. The quantitative estimate of drug-likeness (QED) is 0.583. The first-order valence-electron chi connectivity index (χ1n) is 5.02. The first-order chi connectivity index (χ1) is 6.97. The second kappa shape index (κ2) is 4.29. The summed E-state index contributed by atoms with van der Waals surface area (Å²) in [6.07, 6.45) is 2.75. The molecule has 0 unspecified atom stereocenters. The molecule has 1 rings (SSSR count). The van der Waals surface area contributed by atoms with E-state index in [4.69, 9.17) is 11.5 Å². The van der Waals surface area contributed by atoms with Gasteiger partial charge in [-0.3, -0.25) is 4.98 Å². The molecule has 82 valence electrons. The topological polar surface area (TPSA) is 77.3 Å². The SMILES string of the molecule is CCC(C)(C)c1ncccc1N=C(N)N. The zero-order valence-corrected chi connectivity index (χ0v) is 9.49. The fourth-order valence-corrected chi connectivity index (χ4v) is 1.32. The van der Waals surface area contributed by atoms with E-state index in [9.17, 15) is 0 Å². The highest BCUT2D eigenvalue weighted by Gasteiger charge is 2.22. The van der Waals surface area contributed by atoms with E-state index >= 15 is 0 Å². The molecule has 0 fully saturated rings. The molecule has 4 heteroatoms. The predicted octanol–water partition coefficient (Wildman–Crippen LogP) is 1.67. The normalized spacial score (nSPS) is 11.1. The van der Waals surface area contributed by atoms with Crippen molar-refractivity contribution in [3.63, 3.8) is 0 Å². The summed E-state index contributed by atoms with van der Waals surface area (Å²) in [5.74, 6) is 0.0659. The molecule has 1 aromatic rings. The smallest absolute Gasteiger partial charge is 0.191 e. The van der Waals surface area contributed by atoms with Gasteiger partial charge in [0.15, 0.2) is 5.96 Å². The number of nitrogens with two attached hydrogens (primary N) is 2. The van der Waals surface area contributed by atoms with Crippen LogP contribution in [0.2, 0.25) is 0 Å². The molecule has 15 heavy (non-hydrogen) atoms. The fraction of sp³-hybridized carbons (Fsp3) is 0.455. The maximum atomic E-state index is 5.38. The fourth-order valence-electron chi connectivity index (χ4n) is 1.32. The van der Waals surface area contributed by atoms with Gasteiger partial charge in [-0.1, -0.05) is 20.8 Å². The number of aromatic nitrogens is 1. The van der Waals surface area contributed by atoms with Crippen molar-refractivity contribution in [2.24, 2.45) is 16.5 Å². The summed E-state index contributed by atoms with van der Waals surface area (Å²) in [4.78, 5) is 8.44. The summed E-state index contributed by atoms with van der Waals surface area (Å²) in [6, 6.07) is 3.70. The Morgan fingerprint density at radius 2 is 2.13 bits per heavy atom. The van der Waals surface area contributed by atoms with E-state index in [1.165, 1.54) is 0 Å². The standard InChI is InChI=1S/C11H18N4/c1-4-11(2,3)9-8(15-10(12)13)6-5-7-14-9/h5-7H,4H2,1-3H3,(H4,12,13,15). The molecular weight excluding hydrogens is 188 g/mol. The van der Waals surface area contributed by atoms with Gasteiger partial charge in [-0.15, -0.1) is 0 Å². The minimum Gasteiger partial charge on any atom is -0.370 e. The zero-order valence-electron chi connectivity index (χ0n) is 9.49. The number of nitrogens with zero attached hydrogens (tertiary/aromatic N) is 2. The third-order valence-corrected chi connectivity index (χ3v) is 2.56. The van der Waals surface area contributed by atoms with Gasteiger partial charge in [0.1, 0.15) is 0 Å². The number of guanidine groups is 1. The van der Waals surface area contributed by atoms with E-state index in [2.05, 4.69) is 30.7 Å². The molecule has 0 saturated carbocycles. The lowest BCUT2D eigenvalue weighted by Gasteiger charge is -2.23. The molecule has 1 heterocycles. The van der Waals surface area contributed by atoms with Gasteiger partial charge >= 0.3 is 0 Å². The average molecular weight is 206 g/mol. The Hall–Kier alpha value is -1.58. The summed E-state index contributed by atoms with van der Waals surface area (Å²) < 4.78 is 0. The van der Waals surface area contributed by atoms with Crippen LogP contribution >= 0.6 is 0 Å². The first-order valence-corrected chi connectivity index (χ1v) is 5.02. The Bertz CT molecular complexity index is 365. The average Bonchev–Trinajstić information content (AvgIpc) is 2.17. The Balaban J connectivity index is 3.24. The third-order valence-electron chi connectivity index (χ3n) is 2.56. The van der Waals surface area contributed by atoms with Crippen molar-refractivity contribution in [3.05, 3.63) is 24.0 Å². The predicted molar refractivity (Wildman–Crippen MR) is 63.0 cm³/mol. The highest BCUT2D eigenvalue weighted by Crippen LogP contribution is 2.31. The van der Waals surface area contributed by atoms with Gasteiger partial charge in [0.05, 0.1) is 11.4 Å². The maximum absolute atomic E-state index is 5.38. The van der Waals surface area contributed by atoms with Crippen molar-refractivity contribution in [1.29, 1.82) is 0 Å². The summed E-state index contributed by atoms with van der Waals surface area (Å²) in [6.45, 7) is 6.37. The summed E-state index contributed by atoms with van der Waals surface area (Å²) in [5.41, 5.74) is 12.4. The number of pyridine rings is 1. The van der Waals surface area contributed by atoms with Gasteiger partial charge in [0.2, 0.25) is 0 Å². The number of rotatable bonds is 3. The molecule has 0 aromatic carbocycles. The van der Waals surface area contributed by atoms with E-state index in [0.717, 1.165) is 17.8 Å². The van der Waals surface area contributed by atoms with E-state index in [-0.39, 0.29) is 11.4 Å². The van der Waals surface area contributed by atoms with Crippen LogP contribution in [0.1, 0.15) is 32.9 Å². The Kier molecular flexibility index (Phi) is 3.29. The minimum atomic E-state index is -0.0183. The van der Waals surface area contributed by atoms with Crippen molar-refractivity contribution in [3.8, 4) is 0 Å². The number of hydrogen-bond acceptors (Lipinski definition) is 2. The molecule has 4 nitrogen and oxygen atoms in total. The Morgan fingerprint density at radius 1 is 1.47 bits per heavy atom. The molecule has 0 radical (unpaired) electrons. The van der Waals surface area contributed by atoms with Crippen LogP contribution in [0.25, 0.3) is 0 Å². The Morgan fingerprint density at radius 3 is 2.67 bits per heavy atom. The maximum Gasteiger partial charge on any atom is 0.191 e. The van der Waals surface area contributed by atoms with Gasteiger partial charge < -0.3 is 11.5 Å². The highest BCUT2D eigenvalue weighted by molar-refractivity contribution is 5.79. The number of aliphatic imine (C=N–C) groups is 1. The molecule has 0 saturated heterocycles. The number of hydrogen-bond donors (Lipinski definition) is 2. The lowest BCUT2D eigenvalue weighted by atomic mass is 9.85. The van der Waals surface area contributed by atoms with Crippen molar-refractivity contribution < 1.29 is 0 Å². The van der Waals surface area contributed by atoms with Gasteiger partial charge in [-0.25, -0.2) is 4.99 Å². The molecule has 0 aliphatic rings. The van der Waals surface area contributed by atoms with Crippen LogP contribution in [0.4, 0.5) is 5.69 Å². The monoisotopic (exact) mass is 206 g/mol. The molecule has 0 amide bonds. The lowest BCUT2D eigenvalue weighted by Crippen LogP contribution is -2.23. The Labute approximate surface area is 90.4 Å².